The second-order valence-electron chi connectivity index (χ2n) is 21.1. The summed E-state index contributed by atoms with van der Waals surface area (Å²) in [6.45, 7) is 15.9. The van der Waals surface area contributed by atoms with E-state index in [4.69, 9.17) is 48.1 Å². The molecule has 5 rings (SSSR count). The van der Waals surface area contributed by atoms with Gasteiger partial charge in [0.2, 0.25) is 0 Å². The van der Waals surface area contributed by atoms with Gasteiger partial charge in [0, 0.05) is 112 Å². The zero-order valence-corrected chi connectivity index (χ0v) is 44.5. The third-order valence-electron chi connectivity index (χ3n) is 17.2. The summed E-state index contributed by atoms with van der Waals surface area (Å²) in [7, 11) is 9.28. The third-order valence-corrected chi connectivity index (χ3v) is 17.2. The van der Waals surface area contributed by atoms with Gasteiger partial charge in [-0.15, -0.1) is 0 Å². The predicted octanol–water partition coefficient (Wildman–Crippen LogP) is 6.93. The molecule has 1 unspecified atom stereocenters. The number of carbonyl (C=O) groups excluding carboxylic acids is 7. The van der Waals surface area contributed by atoms with Gasteiger partial charge < -0.3 is 38.5 Å². The molecule has 71 heavy (non-hydrogen) atoms. The first kappa shape index (κ1) is 56.2. The number of ether oxygens (including phenoxy) is 7. The largest absolute Gasteiger partial charge is 0.469 e. The summed E-state index contributed by atoms with van der Waals surface area (Å²) in [5.41, 5.74) is 0.0838. The van der Waals surface area contributed by atoms with Gasteiger partial charge in [-0.2, -0.15) is 0 Å². The van der Waals surface area contributed by atoms with Gasteiger partial charge in [-0.1, -0.05) is 34.6 Å². The van der Waals surface area contributed by atoms with Gasteiger partial charge in [0.05, 0.1) is 74.2 Å². The average molecular weight is 993 g/mol. The van der Waals surface area contributed by atoms with E-state index in [1.165, 1.54) is 49.8 Å². The molecule has 8 bridgehead atoms. The highest BCUT2D eigenvalue weighted by molar-refractivity contribution is 6.10. The van der Waals surface area contributed by atoms with Crippen molar-refractivity contribution in [3.8, 4) is 0 Å². The van der Waals surface area contributed by atoms with Crippen molar-refractivity contribution >= 4 is 58.9 Å². The van der Waals surface area contributed by atoms with Crippen LogP contribution >= 0.6 is 0 Å². The SMILES string of the molecule is COC(=O)CC[C@@H]1C2=C(C)C3=NC([C@H](CC(=O)OC)[C@@]3(C)CCC(=O)OC)[C@@]3(C)N=C(/C(C)=C4\N/C(=C\C(=N2)C1(C)C)[C@@H](CCC(=O)OC)[C@]4(C)CCC(=O)OC)[C@@H](CCC(=O)OC)[C@]3(C)CC(=O)OC. The average Bonchev–Trinajstić information content (AvgIpc) is 3.97. The molecule has 0 saturated carbocycles. The summed E-state index contributed by atoms with van der Waals surface area (Å²) in [6.07, 6.45) is 3.07. The molecular formula is C53H76N4O14. The minimum atomic E-state index is -1.35. The lowest BCUT2D eigenvalue weighted by molar-refractivity contribution is -0.147. The van der Waals surface area contributed by atoms with Gasteiger partial charge >= 0.3 is 41.8 Å². The normalized spacial score (nSPS) is 32.1. The fourth-order valence-electron chi connectivity index (χ4n) is 12.5. The first-order valence-electron chi connectivity index (χ1n) is 24.5. The Labute approximate surface area is 418 Å². The van der Waals surface area contributed by atoms with Crippen molar-refractivity contribution < 1.29 is 66.7 Å². The monoisotopic (exact) mass is 993 g/mol. The van der Waals surface area contributed by atoms with Crippen LogP contribution in [-0.4, -0.2) is 120 Å². The van der Waals surface area contributed by atoms with E-state index in [1.807, 2.05) is 47.6 Å². The van der Waals surface area contributed by atoms with E-state index >= 15 is 0 Å². The summed E-state index contributed by atoms with van der Waals surface area (Å²) in [5.74, 6) is -5.38. The van der Waals surface area contributed by atoms with Gasteiger partial charge in [0.15, 0.2) is 0 Å². The van der Waals surface area contributed by atoms with Crippen molar-refractivity contribution in [1.82, 2.24) is 5.32 Å². The number of allylic oxidation sites excluding steroid dienone is 6. The molecule has 392 valence electrons. The lowest BCUT2D eigenvalue weighted by atomic mass is 9.55. The summed E-state index contributed by atoms with van der Waals surface area (Å²) in [6, 6.07) is -0.874. The van der Waals surface area contributed by atoms with Crippen LogP contribution in [0.3, 0.4) is 0 Å². The van der Waals surface area contributed by atoms with Crippen LogP contribution in [0.1, 0.15) is 132 Å². The standard InChI is InChI=1S/C53H76N4O14/c1-29-44-32(17-20-38(59)66-10)49(3,4)36(55-44)27-35-31(16-19-37(58)65-9)50(5,24-22-40(61)68-12)46(54-35)30(2)45-33(18-21-39(60)67-11)52(7,28-43(64)71-15)53(8,57-45)48-34(26-42(63)70-14)51(6,47(29)56-48)25-23-41(62)69-13/h27,31-34,48,54H,16-26,28H2,1-15H3/b35-27-,44-29?,46-30-/t31-,32-,33-,34+,48?,50+,51-,52+,53-/m1/s1. The maximum atomic E-state index is 14.0. The lowest BCUT2D eigenvalue weighted by Gasteiger charge is -2.48. The number of carbonyl (C=O) groups is 7. The van der Waals surface area contributed by atoms with Gasteiger partial charge in [0.25, 0.3) is 0 Å². The number of fused-ring (bicyclic) bond motifs is 6. The van der Waals surface area contributed by atoms with E-state index in [-0.39, 0.29) is 70.1 Å². The number of hydrogen-bond acceptors (Lipinski definition) is 18. The van der Waals surface area contributed by atoms with Gasteiger partial charge in [-0.25, -0.2) is 0 Å². The Kier molecular flexibility index (Phi) is 17.4. The van der Waals surface area contributed by atoms with E-state index in [2.05, 4.69) is 19.2 Å². The number of methoxy groups -OCH3 is 7. The number of esters is 7. The molecule has 1 saturated heterocycles. The maximum Gasteiger partial charge on any atom is 0.306 e. The van der Waals surface area contributed by atoms with Gasteiger partial charge in [0.1, 0.15) is 0 Å². The van der Waals surface area contributed by atoms with Gasteiger partial charge in [-0.05, 0) is 70.1 Å². The minimum absolute atomic E-state index is 0.0243. The molecule has 5 aliphatic rings. The van der Waals surface area contributed by atoms with Crippen LogP contribution in [0.4, 0.5) is 0 Å². The first-order chi connectivity index (χ1) is 33.3. The second kappa shape index (κ2) is 22.0. The Hall–Kier alpha value is -5.68. The van der Waals surface area contributed by atoms with Crippen LogP contribution in [0.5, 0.6) is 0 Å². The molecule has 0 amide bonds. The molecule has 5 heterocycles. The number of nitrogens with one attached hydrogen (secondary N) is 1. The van der Waals surface area contributed by atoms with E-state index in [0.29, 0.717) is 52.5 Å². The molecule has 1 N–H and O–H groups in total. The molecule has 1 fully saturated rings. The quantitative estimate of drug-likeness (QED) is 0.102. The van der Waals surface area contributed by atoms with Crippen LogP contribution in [-0.2, 0) is 66.7 Å². The molecule has 0 radical (unpaired) electrons. The highest BCUT2D eigenvalue weighted by Gasteiger charge is 2.66. The third kappa shape index (κ3) is 10.5. The molecule has 5 aliphatic heterocycles. The van der Waals surface area contributed by atoms with Crippen molar-refractivity contribution in [2.75, 3.05) is 49.8 Å². The molecule has 9 atom stereocenters. The van der Waals surface area contributed by atoms with Crippen LogP contribution < -0.4 is 5.32 Å². The summed E-state index contributed by atoms with van der Waals surface area (Å²) < 4.78 is 36.7. The van der Waals surface area contributed by atoms with E-state index in [0.717, 1.165) is 5.70 Å². The zero-order chi connectivity index (χ0) is 53.0. The maximum absolute atomic E-state index is 14.0. The Morgan fingerprint density at radius 2 is 1.04 bits per heavy atom. The molecule has 0 aromatic carbocycles. The van der Waals surface area contributed by atoms with E-state index in [9.17, 15) is 33.6 Å². The van der Waals surface area contributed by atoms with Gasteiger partial charge in [-0.3, -0.25) is 48.5 Å². The van der Waals surface area contributed by atoms with Crippen molar-refractivity contribution in [2.24, 2.45) is 60.3 Å². The summed E-state index contributed by atoms with van der Waals surface area (Å²) in [5, 5.41) is 3.80. The molecule has 18 heteroatoms. The Morgan fingerprint density at radius 3 is 1.55 bits per heavy atom. The van der Waals surface area contributed by atoms with Crippen LogP contribution in [0, 0.1) is 45.3 Å². The minimum Gasteiger partial charge on any atom is -0.469 e. The van der Waals surface area contributed by atoms with E-state index < -0.39 is 92.8 Å². The lowest BCUT2D eigenvalue weighted by Crippen LogP contribution is -2.55. The van der Waals surface area contributed by atoms with E-state index in [1.54, 1.807) is 0 Å². The Bertz CT molecular complexity index is 2360. The Balaban J connectivity index is 2.04. The molecule has 0 spiro atoms. The van der Waals surface area contributed by atoms with Crippen molar-refractivity contribution in [3.63, 3.8) is 0 Å². The molecule has 0 aromatic rings. The second-order valence-corrected chi connectivity index (χ2v) is 21.1. The molecule has 0 aromatic heterocycles. The fraction of sp³-hybridized carbons (Fsp3) is 0.698. The Morgan fingerprint density at radius 1 is 0.577 bits per heavy atom. The number of hydrogen-bond donors (Lipinski definition) is 1. The fourth-order valence-corrected chi connectivity index (χ4v) is 12.5. The highest BCUT2D eigenvalue weighted by atomic mass is 16.5. The molecule has 0 aliphatic carbocycles. The number of aliphatic imine (C=N–C) groups is 3. The highest BCUT2D eigenvalue weighted by Crippen LogP contribution is 2.62. The van der Waals surface area contributed by atoms with Crippen LogP contribution in [0.2, 0.25) is 0 Å². The topological polar surface area (TPSA) is 233 Å². The smallest absolute Gasteiger partial charge is 0.306 e. The van der Waals surface area contributed by atoms with Crippen LogP contribution in [0.15, 0.2) is 49.3 Å². The van der Waals surface area contributed by atoms with Crippen molar-refractivity contribution in [3.05, 3.63) is 34.3 Å². The van der Waals surface area contributed by atoms with Crippen molar-refractivity contribution in [1.29, 1.82) is 0 Å². The summed E-state index contributed by atoms with van der Waals surface area (Å²) in [4.78, 5) is 110. The molecule has 18 nitrogen and oxygen atoms in total. The van der Waals surface area contributed by atoms with Crippen molar-refractivity contribution in [2.45, 2.75) is 144 Å². The number of rotatable bonds is 19. The number of nitrogens with zero attached hydrogens (tertiary/aromatic N) is 3. The predicted molar refractivity (Wildman–Crippen MR) is 263 cm³/mol. The summed E-state index contributed by atoms with van der Waals surface area (Å²) >= 11 is 0. The zero-order valence-electron chi connectivity index (χ0n) is 44.5. The first-order valence-corrected chi connectivity index (χ1v) is 24.5. The molecular weight excluding hydrogens is 917 g/mol. The van der Waals surface area contributed by atoms with Crippen LogP contribution in [0.25, 0.3) is 0 Å².